The molecular formula is C22H23N3O4. The molecule has 1 atom stereocenters. The zero-order chi connectivity index (χ0) is 20.2. The van der Waals surface area contributed by atoms with Crippen LogP contribution in [0, 0.1) is 0 Å². The number of nitrogens with zero attached hydrogens (tertiary/aromatic N) is 2. The van der Waals surface area contributed by atoms with Crippen LogP contribution in [0.5, 0.6) is 11.5 Å². The van der Waals surface area contributed by atoms with Gasteiger partial charge >= 0.3 is 6.03 Å². The fourth-order valence-corrected chi connectivity index (χ4v) is 3.87. The van der Waals surface area contributed by atoms with Gasteiger partial charge in [0.2, 0.25) is 11.8 Å². The van der Waals surface area contributed by atoms with Crippen molar-refractivity contribution in [3.8, 4) is 11.5 Å². The van der Waals surface area contributed by atoms with Crippen molar-refractivity contribution in [3.05, 3.63) is 60.2 Å². The quantitative estimate of drug-likeness (QED) is 0.765. The van der Waals surface area contributed by atoms with Gasteiger partial charge in [-0.3, -0.25) is 14.9 Å². The fraction of sp³-hybridized carbons (Fsp3) is 0.318. The summed E-state index contributed by atoms with van der Waals surface area (Å²) in [6.07, 6.45) is 2.57. The largest absolute Gasteiger partial charge is 0.457 e. The monoisotopic (exact) mass is 393 g/mol. The third-order valence-corrected chi connectivity index (χ3v) is 5.24. The lowest BCUT2D eigenvalue weighted by Gasteiger charge is -2.26. The number of amides is 4. The summed E-state index contributed by atoms with van der Waals surface area (Å²) in [4.78, 5) is 38.9. The first-order chi connectivity index (χ1) is 14.1. The van der Waals surface area contributed by atoms with Crippen LogP contribution in [0.4, 0.5) is 4.79 Å². The third kappa shape index (κ3) is 4.56. The normalized spacial score (nSPS) is 18.8. The molecule has 4 amide bonds. The molecule has 0 spiro atoms. The summed E-state index contributed by atoms with van der Waals surface area (Å²) in [6, 6.07) is 17.1. The molecular weight excluding hydrogens is 370 g/mol. The van der Waals surface area contributed by atoms with Gasteiger partial charge in [-0.05, 0) is 49.1 Å². The molecule has 2 aliphatic rings. The molecule has 2 aromatic rings. The van der Waals surface area contributed by atoms with Gasteiger partial charge in [0.15, 0.2) is 0 Å². The van der Waals surface area contributed by atoms with Gasteiger partial charge < -0.3 is 14.5 Å². The van der Waals surface area contributed by atoms with Gasteiger partial charge in [-0.25, -0.2) is 4.79 Å². The fourth-order valence-electron chi connectivity index (χ4n) is 3.87. The number of rotatable bonds is 6. The molecule has 0 aliphatic carbocycles. The summed E-state index contributed by atoms with van der Waals surface area (Å²) < 4.78 is 5.90. The summed E-state index contributed by atoms with van der Waals surface area (Å²) in [5.41, 5.74) is 1.09. The highest BCUT2D eigenvalue weighted by molar-refractivity contribution is 6.03. The smallest absolute Gasteiger partial charge is 0.325 e. The molecule has 29 heavy (non-hydrogen) atoms. The van der Waals surface area contributed by atoms with E-state index in [0.29, 0.717) is 6.54 Å². The highest BCUT2D eigenvalue weighted by Crippen LogP contribution is 2.26. The van der Waals surface area contributed by atoms with Crippen molar-refractivity contribution in [2.75, 3.05) is 19.6 Å². The summed E-state index contributed by atoms with van der Waals surface area (Å²) >= 11 is 0. The summed E-state index contributed by atoms with van der Waals surface area (Å²) in [5, 5.41) is 2.20. The number of hydrogen-bond acceptors (Lipinski definition) is 4. The van der Waals surface area contributed by atoms with E-state index in [1.807, 2.05) is 59.5 Å². The molecule has 2 aromatic carbocycles. The van der Waals surface area contributed by atoms with Gasteiger partial charge in [0.1, 0.15) is 24.6 Å². The predicted octanol–water partition coefficient (Wildman–Crippen LogP) is 2.56. The molecule has 0 bridgehead atoms. The van der Waals surface area contributed by atoms with Crippen molar-refractivity contribution >= 4 is 17.8 Å². The Hall–Kier alpha value is -3.35. The number of ether oxygens (including phenoxy) is 1. The van der Waals surface area contributed by atoms with Gasteiger partial charge in [-0.15, -0.1) is 0 Å². The van der Waals surface area contributed by atoms with E-state index in [4.69, 9.17) is 4.74 Å². The first-order valence-electron chi connectivity index (χ1n) is 9.78. The van der Waals surface area contributed by atoms with Crippen LogP contribution in [-0.4, -0.2) is 53.3 Å². The summed E-state index contributed by atoms with van der Waals surface area (Å²) in [7, 11) is 0. The number of carbonyl (C=O) groups is 3. The molecule has 7 heteroatoms. The van der Waals surface area contributed by atoms with E-state index >= 15 is 0 Å². The molecule has 2 fully saturated rings. The Labute approximate surface area is 169 Å². The highest BCUT2D eigenvalue weighted by atomic mass is 16.5. The predicted molar refractivity (Wildman–Crippen MR) is 107 cm³/mol. The van der Waals surface area contributed by atoms with E-state index in [9.17, 15) is 14.4 Å². The van der Waals surface area contributed by atoms with Crippen molar-refractivity contribution in [1.29, 1.82) is 0 Å². The van der Waals surface area contributed by atoms with Crippen LogP contribution in [-0.2, 0) is 16.0 Å². The Bertz CT molecular complexity index is 915. The van der Waals surface area contributed by atoms with Crippen LogP contribution in [0.25, 0.3) is 0 Å². The minimum atomic E-state index is -0.496. The standard InChI is InChI=1S/C22H23N3O4/c26-20-14-24(22(28)23-20)15-21(27)25-11-5-7-17(25)12-16-6-4-10-19(13-16)29-18-8-2-1-3-9-18/h1-4,6,8-10,13,17H,5,7,11-12,14-15H2,(H,23,26,28). The second-order valence-corrected chi connectivity index (χ2v) is 7.36. The molecule has 2 saturated heterocycles. The lowest BCUT2D eigenvalue weighted by Crippen LogP contribution is -2.44. The topological polar surface area (TPSA) is 79.0 Å². The summed E-state index contributed by atoms with van der Waals surface area (Å²) in [6.45, 7) is 0.556. The molecule has 0 saturated carbocycles. The van der Waals surface area contributed by atoms with Crippen LogP contribution in [0.2, 0.25) is 0 Å². The Morgan fingerprint density at radius 3 is 2.62 bits per heavy atom. The Morgan fingerprint density at radius 2 is 1.86 bits per heavy atom. The molecule has 150 valence electrons. The van der Waals surface area contributed by atoms with Gasteiger partial charge in [-0.2, -0.15) is 0 Å². The molecule has 7 nitrogen and oxygen atoms in total. The van der Waals surface area contributed by atoms with Gasteiger partial charge in [-0.1, -0.05) is 30.3 Å². The lowest BCUT2D eigenvalue weighted by atomic mass is 10.0. The Morgan fingerprint density at radius 1 is 1.07 bits per heavy atom. The number of para-hydroxylation sites is 1. The van der Waals surface area contributed by atoms with Crippen LogP contribution in [0.15, 0.2) is 54.6 Å². The minimum absolute atomic E-state index is 0.0536. The number of benzene rings is 2. The second-order valence-electron chi connectivity index (χ2n) is 7.36. The molecule has 2 aliphatic heterocycles. The first kappa shape index (κ1) is 19.0. The van der Waals surface area contributed by atoms with Gasteiger partial charge in [0, 0.05) is 12.6 Å². The molecule has 1 N–H and O–H groups in total. The van der Waals surface area contributed by atoms with E-state index in [1.54, 1.807) is 0 Å². The number of urea groups is 1. The summed E-state index contributed by atoms with van der Waals surface area (Å²) in [5.74, 6) is 1.06. The minimum Gasteiger partial charge on any atom is -0.457 e. The highest BCUT2D eigenvalue weighted by Gasteiger charge is 2.33. The maximum Gasteiger partial charge on any atom is 0.325 e. The average Bonchev–Trinajstić information content (AvgIpc) is 3.29. The maximum atomic E-state index is 12.7. The van der Waals surface area contributed by atoms with Gasteiger partial charge in [0.25, 0.3) is 0 Å². The SMILES string of the molecule is O=C1CN(CC(=O)N2CCCC2Cc2cccc(Oc3ccccc3)c2)C(=O)N1. The van der Waals surface area contributed by atoms with Crippen LogP contribution < -0.4 is 10.1 Å². The maximum absolute atomic E-state index is 12.7. The van der Waals surface area contributed by atoms with Crippen molar-refractivity contribution in [3.63, 3.8) is 0 Å². The van der Waals surface area contributed by atoms with E-state index in [1.165, 1.54) is 4.90 Å². The third-order valence-electron chi connectivity index (χ3n) is 5.24. The molecule has 2 heterocycles. The molecule has 4 rings (SSSR count). The number of hydrogen-bond donors (Lipinski definition) is 1. The van der Waals surface area contributed by atoms with E-state index in [2.05, 4.69) is 5.32 Å². The van der Waals surface area contributed by atoms with Crippen molar-refractivity contribution < 1.29 is 19.1 Å². The van der Waals surface area contributed by atoms with E-state index in [-0.39, 0.29) is 30.9 Å². The van der Waals surface area contributed by atoms with Crippen LogP contribution >= 0.6 is 0 Å². The first-order valence-corrected chi connectivity index (χ1v) is 9.78. The number of carbonyl (C=O) groups excluding carboxylic acids is 3. The zero-order valence-corrected chi connectivity index (χ0v) is 16.0. The average molecular weight is 393 g/mol. The molecule has 0 aromatic heterocycles. The van der Waals surface area contributed by atoms with Gasteiger partial charge in [0.05, 0.1) is 0 Å². The number of nitrogens with one attached hydrogen (secondary N) is 1. The van der Waals surface area contributed by atoms with Crippen LogP contribution in [0.3, 0.4) is 0 Å². The van der Waals surface area contributed by atoms with Crippen molar-refractivity contribution in [2.24, 2.45) is 0 Å². The van der Waals surface area contributed by atoms with E-state index < -0.39 is 6.03 Å². The lowest BCUT2D eigenvalue weighted by molar-refractivity contribution is -0.132. The Balaban J connectivity index is 1.39. The van der Waals surface area contributed by atoms with E-state index in [0.717, 1.165) is 36.3 Å². The molecule has 0 radical (unpaired) electrons. The Kier molecular flexibility index (Phi) is 5.46. The number of imide groups is 1. The molecule has 1 unspecified atom stereocenters. The van der Waals surface area contributed by atoms with Crippen molar-refractivity contribution in [2.45, 2.75) is 25.3 Å². The number of likely N-dealkylation sites (tertiary alicyclic amines) is 1. The second kappa shape index (κ2) is 8.34. The van der Waals surface area contributed by atoms with Crippen molar-refractivity contribution in [1.82, 2.24) is 15.1 Å². The van der Waals surface area contributed by atoms with Crippen LogP contribution in [0.1, 0.15) is 18.4 Å². The zero-order valence-electron chi connectivity index (χ0n) is 16.0.